The Balaban J connectivity index is 1.57. The van der Waals surface area contributed by atoms with Crippen molar-refractivity contribution in [2.24, 2.45) is 0 Å². The predicted molar refractivity (Wildman–Crippen MR) is 93.4 cm³/mol. The zero-order valence-electron chi connectivity index (χ0n) is 14.2. The minimum absolute atomic E-state index is 0.199. The van der Waals surface area contributed by atoms with Crippen LogP contribution in [-0.4, -0.2) is 35.0 Å². The van der Waals surface area contributed by atoms with E-state index in [0.717, 1.165) is 5.56 Å². The number of halogens is 1. The van der Waals surface area contributed by atoms with E-state index in [0.29, 0.717) is 37.3 Å². The van der Waals surface area contributed by atoms with Crippen molar-refractivity contribution >= 4 is 11.9 Å². The summed E-state index contributed by atoms with van der Waals surface area (Å²) < 4.78 is 18.3. The number of carboxylic acid groups (broad SMARTS) is 1. The van der Waals surface area contributed by atoms with Crippen LogP contribution in [0.4, 0.5) is 4.39 Å². The van der Waals surface area contributed by atoms with Crippen molar-refractivity contribution in [3.8, 4) is 5.75 Å². The van der Waals surface area contributed by atoms with Gasteiger partial charge in [0.1, 0.15) is 11.6 Å². The van der Waals surface area contributed by atoms with Crippen molar-refractivity contribution in [1.29, 1.82) is 0 Å². The number of carbonyl (C=O) groups excluding carboxylic acids is 1. The molecule has 0 spiro atoms. The number of aliphatic carboxylic acids is 1. The van der Waals surface area contributed by atoms with Gasteiger partial charge in [-0.1, -0.05) is 24.3 Å². The first-order valence-electron chi connectivity index (χ1n) is 8.54. The molecule has 1 unspecified atom stereocenters. The van der Waals surface area contributed by atoms with Crippen molar-refractivity contribution in [3.63, 3.8) is 0 Å². The molecule has 0 aliphatic carbocycles. The first-order valence-corrected chi connectivity index (χ1v) is 8.54. The Morgan fingerprint density at radius 1 is 1.15 bits per heavy atom. The van der Waals surface area contributed by atoms with Gasteiger partial charge in [0.2, 0.25) is 5.91 Å². The smallest absolute Gasteiger partial charge is 0.331 e. The summed E-state index contributed by atoms with van der Waals surface area (Å²) in [7, 11) is 0. The highest BCUT2D eigenvalue weighted by Gasteiger charge is 2.35. The Morgan fingerprint density at radius 2 is 1.88 bits per heavy atom. The topological polar surface area (TPSA) is 66.8 Å². The lowest BCUT2D eigenvalue weighted by Gasteiger charge is -2.34. The van der Waals surface area contributed by atoms with E-state index in [9.17, 15) is 19.1 Å². The van der Waals surface area contributed by atoms with E-state index in [4.69, 9.17) is 4.74 Å². The largest absolute Gasteiger partial charge is 0.494 e. The quantitative estimate of drug-likeness (QED) is 0.807. The van der Waals surface area contributed by atoms with Gasteiger partial charge in [0.25, 0.3) is 0 Å². The lowest BCUT2D eigenvalue weighted by Crippen LogP contribution is -2.43. The molecule has 0 aromatic heterocycles. The van der Waals surface area contributed by atoms with Crippen LogP contribution in [0.3, 0.4) is 0 Å². The first kappa shape index (κ1) is 17.9. The fourth-order valence-electron chi connectivity index (χ4n) is 3.19. The van der Waals surface area contributed by atoms with Gasteiger partial charge in [0.15, 0.2) is 6.04 Å². The van der Waals surface area contributed by atoms with Gasteiger partial charge in [-0.3, -0.25) is 4.79 Å². The third-order valence-corrected chi connectivity index (χ3v) is 4.46. The summed E-state index contributed by atoms with van der Waals surface area (Å²) in [6.07, 6.45) is 1.31. The Labute approximate surface area is 151 Å². The highest BCUT2D eigenvalue weighted by Crippen LogP contribution is 2.30. The van der Waals surface area contributed by atoms with Crippen molar-refractivity contribution in [2.75, 3.05) is 13.2 Å². The summed E-state index contributed by atoms with van der Waals surface area (Å²) in [4.78, 5) is 25.7. The molecule has 1 aliphatic rings. The summed E-state index contributed by atoms with van der Waals surface area (Å²) in [5.41, 5.74) is 1.66. The molecule has 0 saturated heterocycles. The molecule has 1 atom stereocenters. The normalized spacial score (nSPS) is 16.0. The molecule has 26 heavy (non-hydrogen) atoms. The fraction of sp³-hybridized carbons (Fsp3) is 0.300. The number of rotatable bonds is 6. The van der Waals surface area contributed by atoms with Gasteiger partial charge in [-0.25, -0.2) is 9.18 Å². The molecule has 1 amide bonds. The number of nitrogens with zero attached hydrogens (tertiary/aromatic N) is 1. The van der Waals surface area contributed by atoms with E-state index in [-0.39, 0.29) is 18.1 Å². The van der Waals surface area contributed by atoms with Crippen LogP contribution in [-0.2, 0) is 16.0 Å². The maximum absolute atomic E-state index is 12.8. The number of carboxylic acids is 1. The SMILES string of the molecule is O=C(O)C1c2ccccc2CCN1C(=O)CCCOc1ccc(F)cc1. The average molecular weight is 357 g/mol. The highest BCUT2D eigenvalue weighted by molar-refractivity contribution is 5.85. The molecule has 1 aliphatic heterocycles. The Bertz CT molecular complexity index is 791. The van der Waals surface area contributed by atoms with Crippen LogP contribution >= 0.6 is 0 Å². The molecule has 2 aromatic rings. The number of ether oxygens (including phenoxy) is 1. The highest BCUT2D eigenvalue weighted by atomic mass is 19.1. The predicted octanol–water partition coefficient (Wildman–Crippen LogP) is 3.20. The average Bonchev–Trinajstić information content (AvgIpc) is 2.65. The van der Waals surface area contributed by atoms with Crippen molar-refractivity contribution in [2.45, 2.75) is 25.3 Å². The van der Waals surface area contributed by atoms with Crippen LogP contribution in [0.15, 0.2) is 48.5 Å². The number of benzene rings is 2. The van der Waals surface area contributed by atoms with Gasteiger partial charge < -0.3 is 14.7 Å². The van der Waals surface area contributed by atoms with E-state index >= 15 is 0 Å². The molecular formula is C20H20FNO4. The second-order valence-electron chi connectivity index (χ2n) is 6.18. The third-order valence-electron chi connectivity index (χ3n) is 4.46. The zero-order valence-corrected chi connectivity index (χ0v) is 14.2. The van der Waals surface area contributed by atoms with Gasteiger partial charge in [0.05, 0.1) is 6.61 Å². The molecule has 0 bridgehead atoms. The van der Waals surface area contributed by atoms with E-state index in [1.54, 1.807) is 12.1 Å². The Morgan fingerprint density at radius 3 is 2.62 bits per heavy atom. The second-order valence-corrected chi connectivity index (χ2v) is 6.18. The third kappa shape index (κ3) is 4.02. The van der Waals surface area contributed by atoms with Gasteiger partial charge in [0, 0.05) is 13.0 Å². The molecule has 0 saturated carbocycles. The van der Waals surface area contributed by atoms with Crippen LogP contribution in [0.5, 0.6) is 5.75 Å². The number of amides is 1. The van der Waals surface area contributed by atoms with Crippen LogP contribution < -0.4 is 4.74 Å². The number of hydrogen-bond acceptors (Lipinski definition) is 3. The summed E-state index contributed by atoms with van der Waals surface area (Å²) in [5, 5.41) is 9.60. The van der Waals surface area contributed by atoms with Crippen molar-refractivity contribution in [3.05, 3.63) is 65.5 Å². The molecular weight excluding hydrogens is 337 g/mol. The Hall–Kier alpha value is -2.89. The van der Waals surface area contributed by atoms with Gasteiger partial charge in [-0.2, -0.15) is 0 Å². The van der Waals surface area contributed by atoms with E-state index in [2.05, 4.69) is 0 Å². The summed E-state index contributed by atoms with van der Waals surface area (Å²) in [6, 6.07) is 12.1. The number of fused-ring (bicyclic) bond motifs is 1. The molecule has 5 nitrogen and oxygen atoms in total. The fourth-order valence-corrected chi connectivity index (χ4v) is 3.19. The van der Waals surface area contributed by atoms with Crippen molar-refractivity contribution < 1.29 is 23.8 Å². The molecule has 3 rings (SSSR count). The standard InChI is InChI=1S/C20H20FNO4/c21-15-7-9-16(10-8-15)26-13-3-6-18(23)22-12-11-14-4-1-2-5-17(14)19(22)20(24)25/h1-2,4-5,7-10,19H,3,6,11-13H2,(H,24,25). The molecule has 1 heterocycles. The molecule has 2 aromatic carbocycles. The van der Waals surface area contributed by atoms with E-state index in [1.807, 2.05) is 12.1 Å². The van der Waals surface area contributed by atoms with Gasteiger partial charge >= 0.3 is 5.97 Å². The maximum atomic E-state index is 12.8. The zero-order chi connectivity index (χ0) is 18.5. The lowest BCUT2D eigenvalue weighted by molar-refractivity contribution is -0.151. The number of carbonyl (C=O) groups is 2. The van der Waals surface area contributed by atoms with Crippen LogP contribution in [0.1, 0.15) is 30.0 Å². The Kier molecular flexibility index (Phi) is 5.51. The van der Waals surface area contributed by atoms with Crippen LogP contribution in [0.2, 0.25) is 0 Å². The van der Waals surface area contributed by atoms with Crippen molar-refractivity contribution in [1.82, 2.24) is 4.90 Å². The number of hydrogen-bond donors (Lipinski definition) is 1. The van der Waals surface area contributed by atoms with Crippen LogP contribution in [0, 0.1) is 5.82 Å². The maximum Gasteiger partial charge on any atom is 0.331 e. The van der Waals surface area contributed by atoms with E-state index < -0.39 is 12.0 Å². The van der Waals surface area contributed by atoms with Gasteiger partial charge in [-0.15, -0.1) is 0 Å². The van der Waals surface area contributed by atoms with E-state index in [1.165, 1.54) is 29.2 Å². The second kappa shape index (κ2) is 7.99. The molecule has 0 radical (unpaired) electrons. The summed E-state index contributed by atoms with van der Waals surface area (Å²) >= 11 is 0. The summed E-state index contributed by atoms with van der Waals surface area (Å²) in [6.45, 7) is 0.700. The monoisotopic (exact) mass is 357 g/mol. The minimum Gasteiger partial charge on any atom is -0.494 e. The van der Waals surface area contributed by atoms with Crippen LogP contribution in [0.25, 0.3) is 0 Å². The first-order chi connectivity index (χ1) is 12.6. The molecule has 0 fully saturated rings. The minimum atomic E-state index is -1.02. The van der Waals surface area contributed by atoms with Gasteiger partial charge in [-0.05, 0) is 48.2 Å². The molecule has 136 valence electrons. The summed E-state index contributed by atoms with van der Waals surface area (Å²) in [5.74, 6) is -1.02. The lowest BCUT2D eigenvalue weighted by atomic mass is 9.92. The molecule has 6 heteroatoms. The molecule has 1 N–H and O–H groups in total.